The summed E-state index contributed by atoms with van der Waals surface area (Å²) < 4.78 is 5.19. The van der Waals surface area contributed by atoms with Crippen LogP contribution >= 0.6 is 0 Å². The molecule has 1 rings (SSSR count). The van der Waals surface area contributed by atoms with Crippen LogP contribution in [0.5, 0.6) is 0 Å². The lowest BCUT2D eigenvalue weighted by atomic mass is 10.1. The van der Waals surface area contributed by atoms with E-state index in [0.29, 0.717) is 24.8 Å². The smallest absolute Gasteiger partial charge is 0.331 e. The molecule has 0 spiro atoms. The highest BCUT2D eigenvalue weighted by molar-refractivity contribution is 5.88. The van der Waals surface area contributed by atoms with Gasteiger partial charge in [-0.05, 0) is 52.0 Å². The van der Waals surface area contributed by atoms with Gasteiger partial charge in [0.15, 0.2) is 0 Å². The Morgan fingerprint density at radius 2 is 2.00 bits per heavy atom. The van der Waals surface area contributed by atoms with Gasteiger partial charge in [0.05, 0.1) is 0 Å². The number of carbonyl (C=O) groups is 2. The van der Waals surface area contributed by atoms with Crippen molar-refractivity contribution in [2.75, 3.05) is 0 Å². The molecule has 4 nitrogen and oxygen atoms in total. The van der Waals surface area contributed by atoms with Gasteiger partial charge in [-0.15, -0.1) is 0 Å². The lowest BCUT2D eigenvalue weighted by Gasteiger charge is -2.19. The van der Waals surface area contributed by atoms with Crippen LogP contribution in [0.3, 0.4) is 0 Å². The third-order valence-corrected chi connectivity index (χ3v) is 2.77. The lowest BCUT2D eigenvalue weighted by Crippen LogP contribution is -2.23. The molecule has 4 heteroatoms. The number of carboxylic acid groups (broad SMARTS) is 1. The van der Waals surface area contributed by atoms with Crippen molar-refractivity contribution >= 4 is 11.9 Å². The first kappa shape index (κ1) is 15.5. The zero-order chi connectivity index (χ0) is 14.5. The summed E-state index contributed by atoms with van der Waals surface area (Å²) in [5.41, 5.74) is 0.941. The number of aliphatic carboxylic acids is 1. The van der Waals surface area contributed by atoms with E-state index in [-0.39, 0.29) is 5.97 Å². The van der Waals surface area contributed by atoms with Gasteiger partial charge in [0.1, 0.15) is 5.60 Å². The van der Waals surface area contributed by atoms with E-state index in [1.165, 1.54) is 0 Å². The Kier molecular flexibility index (Phi) is 5.33. The van der Waals surface area contributed by atoms with Crippen LogP contribution in [0.25, 0.3) is 0 Å². The summed E-state index contributed by atoms with van der Waals surface area (Å²) in [4.78, 5) is 22.4. The highest BCUT2D eigenvalue weighted by Gasteiger charge is 2.18. The van der Waals surface area contributed by atoms with Gasteiger partial charge in [0, 0.05) is 12.0 Å². The summed E-state index contributed by atoms with van der Waals surface area (Å²) >= 11 is 0. The van der Waals surface area contributed by atoms with Gasteiger partial charge in [0.2, 0.25) is 0 Å². The number of rotatable bonds is 5. The largest absolute Gasteiger partial charge is 0.478 e. The lowest BCUT2D eigenvalue weighted by molar-refractivity contribution is -0.154. The molecule has 19 heavy (non-hydrogen) atoms. The zero-order valence-electron chi connectivity index (χ0n) is 11.9. The molecule has 0 saturated carbocycles. The molecule has 0 radical (unpaired) electrons. The van der Waals surface area contributed by atoms with Gasteiger partial charge in [-0.2, -0.15) is 0 Å². The van der Waals surface area contributed by atoms with E-state index in [0.717, 1.165) is 18.4 Å². The van der Waals surface area contributed by atoms with E-state index in [9.17, 15) is 9.59 Å². The van der Waals surface area contributed by atoms with Crippen molar-refractivity contribution in [2.24, 2.45) is 0 Å². The number of hydrogen-bond donors (Lipinski definition) is 1. The van der Waals surface area contributed by atoms with Crippen molar-refractivity contribution in [3.63, 3.8) is 0 Å². The fourth-order valence-electron chi connectivity index (χ4n) is 2.01. The maximum atomic E-state index is 11.5. The van der Waals surface area contributed by atoms with Crippen LogP contribution in [-0.2, 0) is 14.3 Å². The summed E-state index contributed by atoms with van der Waals surface area (Å²) in [5.74, 6) is -1.06. The Morgan fingerprint density at radius 1 is 1.32 bits per heavy atom. The summed E-state index contributed by atoms with van der Waals surface area (Å²) in [6.45, 7) is 5.51. The minimum Gasteiger partial charge on any atom is -0.478 e. The van der Waals surface area contributed by atoms with Crippen molar-refractivity contribution in [2.45, 2.75) is 58.5 Å². The number of esters is 1. The third kappa shape index (κ3) is 5.73. The minimum absolute atomic E-state index is 0.226. The Hall–Kier alpha value is -1.58. The first-order valence-corrected chi connectivity index (χ1v) is 6.63. The number of ether oxygens (including phenoxy) is 1. The van der Waals surface area contributed by atoms with Gasteiger partial charge in [-0.1, -0.05) is 12.2 Å². The average molecular weight is 266 g/mol. The highest BCUT2D eigenvalue weighted by Crippen LogP contribution is 2.27. The molecule has 1 N–H and O–H groups in total. The standard InChI is InChI=1S/C15H22O4/c1-15(2,3)19-13(16)10-5-4-7-11-8-6-9-12(11)14(17)18/h4,7H,5-6,8-10H2,1-3H3,(H,17,18)/b7-4+. The molecule has 0 bridgehead atoms. The van der Waals surface area contributed by atoms with Crippen LogP contribution in [0.1, 0.15) is 52.9 Å². The highest BCUT2D eigenvalue weighted by atomic mass is 16.6. The predicted octanol–water partition coefficient (Wildman–Crippen LogP) is 3.23. The normalized spacial score (nSPS) is 16.2. The van der Waals surface area contributed by atoms with Gasteiger partial charge in [-0.3, -0.25) is 4.79 Å². The summed E-state index contributed by atoms with van der Waals surface area (Å²) in [6.07, 6.45) is 6.93. The van der Waals surface area contributed by atoms with Crippen molar-refractivity contribution in [3.05, 3.63) is 23.3 Å². The van der Waals surface area contributed by atoms with Gasteiger partial charge in [-0.25, -0.2) is 4.79 Å². The fraction of sp³-hybridized carbons (Fsp3) is 0.600. The molecule has 0 aliphatic heterocycles. The quantitative estimate of drug-likeness (QED) is 0.776. The molecule has 0 saturated heterocycles. The Labute approximate surface area is 114 Å². The molecule has 0 amide bonds. The van der Waals surface area contributed by atoms with Crippen LogP contribution in [0.4, 0.5) is 0 Å². The van der Waals surface area contributed by atoms with Crippen molar-refractivity contribution in [1.29, 1.82) is 0 Å². The monoisotopic (exact) mass is 266 g/mol. The van der Waals surface area contributed by atoms with Crippen molar-refractivity contribution < 1.29 is 19.4 Å². The Bertz CT molecular complexity index is 410. The van der Waals surface area contributed by atoms with E-state index in [1.54, 1.807) is 0 Å². The number of allylic oxidation sites excluding steroid dienone is 3. The summed E-state index contributed by atoms with van der Waals surface area (Å²) in [7, 11) is 0. The summed E-state index contributed by atoms with van der Waals surface area (Å²) in [5, 5.41) is 8.99. The first-order valence-electron chi connectivity index (χ1n) is 6.63. The number of hydrogen-bond acceptors (Lipinski definition) is 3. The molecule has 106 valence electrons. The number of carboxylic acids is 1. The van der Waals surface area contributed by atoms with E-state index in [1.807, 2.05) is 32.9 Å². The maximum Gasteiger partial charge on any atom is 0.331 e. The molecular weight excluding hydrogens is 244 g/mol. The van der Waals surface area contributed by atoms with Crippen LogP contribution in [0.2, 0.25) is 0 Å². The van der Waals surface area contributed by atoms with Crippen LogP contribution < -0.4 is 0 Å². The van der Waals surface area contributed by atoms with Crippen molar-refractivity contribution in [1.82, 2.24) is 0 Å². The van der Waals surface area contributed by atoms with Gasteiger partial charge in [0.25, 0.3) is 0 Å². The Morgan fingerprint density at radius 3 is 2.58 bits per heavy atom. The fourth-order valence-corrected chi connectivity index (χ4v) is 2.01. The SMILES string of the molecule is CC(C)(C)OC(=O)CC/C=C/C1=C(C(=O)O)CCC1. The predicted molar refractivity (Wildman–Crippen MR) is 72.7 cm³/mol. The molecule has 1 aliphatic carbocycles. The van der Waals surface area contributed by atoms with Crippen LogP contribution in [0, 0.1) is 0 Å². The summed E-state index contributed by atoms with van der Waals surface area (Å²) in [6, 6.07) is 0. The first-order chi connectivity index (χ1) is 8.79. The van der Waals surface area contributed by atoms with Crippen LogP contribution in [-0.4, -0.2) is 22.6 Å². The molecule has 0 aromatic heterocycles. The minimum atomic E-state index is -0.829. The zero-order valence-corrected chi connectivity index (χ0v) is 11.9. The van der Waals surface area contributed by atoms with Gasteiger partial charge >= 0.3 is 11.9 Å². The molecule has 0 unspecified atom stereocenters. The van der Waals surface area contributed by atoms with Gasteiger partial charge < -0.3 is 9.84 Å². The molecule has 0 atom stereocenters. The molecule has 0 aromatic carbocycles. The molecule has 0 fully saturated rings. The number of carbonyl (C=O) groups excluding carboxylic acids is 1. The van der Waals surface area contributed by atoms with Crippen molar-refractivity contribution in [3.8, 4) is 0 Å². The van der Waals surface area contributed by atoms with E-state index < -0.39 is 11.6 Å². The average Bonchev–Trinajstić information content (AvgIpc) is 2.70. The molecule has 0 aromatic rings. The van der Waals surface area contributed by atoms with Crippen LogP contribution in [0.15, 0.2) is 23.3 Å². The molecule has 1 aliphatic rings. The van der Waals surface area contributed by atoms with E-state index >= 15 is 0 Å². The van der Waals surface area contributed by atoms with E-state index in [4.69, 9.17) is 9.84 Å². The molecule has 0 heterocycles. The van der Waals surface area contributed by atoms with E-state index in [2.05, 4.69) is 0 Å². The third-order valence-electron chi connectivity index (χ3n) is 2.77. The second kappa shape index (κ2) is 6.55. The second-order valence-corrected chi connectivity index (χ2v) is 5.69. The second-order valence-electron chi connectivity index (χ2n) is 5.69. The maximum absolute atomic E-state index is 11.5. The Balaban J connectivity index is 2.41. The molecular formula is C15H22O4. The topological polar surface area (TPSA) is 63.6 Å².